The fourth-order valence-corrected chi connectivity index (χ4v) is 1.51. The molecule has 0 aromatic heterocycles. The minimum Gasteiger partial charge on any atom is -0.395 e. The molecule has 1 heterocycles. The zero-order chi connectivity index (χ0) is 6.32. The Balaban J connectivity index is 2.23. The van der Waals surface area contributed by atoms with Crippen LogP contribution in [-0.2, 0) is 4.74 Å². The third-order valence-electron chi connectivity index (χ3n) is 2.17. The second-order valence-corrected chi connectivity index (χ2v) is 2.93. The molecule has 1 N–H and O–H groups in total. The number of hydrogen-bond acceptors (Lipinski definition) is 2. The summed E-state index contributed by atoms with van der Waals surface area (Å²) in [7, 11) is 0. The number of ether oxygens (including phenoxy) is 1. The molecule has 1 saturated heterocycles. The van der Waals surface area contributed by atoms with Crippen molar-refractivity contribution < 1.29 is 9.84 Å². The van der Waals surface area contributed by atoms with Crippen LogP contribution in [0.25, 0.3) is 0 Å². The molecule has 2 heteroatoms. The lowest BCUT2D eigenvalue weighted by molar-refractivity contribution is 0.0952. The maximum atomic E-state index is 8.91. The Labute approximate surface area is 54.1 Å². The van der Waals surface area contributed by atoms with Gasteiger partial charge in [-0.1, -0.05) is 12.2 Å². The van der Waals surface area contributed by atoms with E-state index in [1.165, 1.54) is 0 Å². The maximum Gasteiger partial charge on any atom is 0.0766 e. The Hall–Kier alpha value is -0.340. The lowest BCUT2D eigenvalue weighted by atomic mass is 9.91. The van der Waals surface area contributed by atoms with Crippen molar-refractivity contribution in [1.82, 2.24) is 0 Å². The van der Waals surface area contributed by atoms with Crippen molar-refractivity contribution in [1.29, 1.82) is 0 Å². The average molecular weight is 126 g/mol. The summed E-state index contributed by atoms with van der Waals surface area (Å²) in [6.07, 6.45) is 5.42. The molecule has 0 spiro atoms. The van der Waals surface area contributed by atoms with Gasteiger partial charge in [-0.15, -0.1) is 0 Å². The normalized spacial score (nSPS) is 46.6. The molecular formula is C7H10O2. The van der Waals surface area contributed by atoms with Crippen molar-refractivity contribution in [3.8, 4) is 0 Å². The monoisotopic (exact) mass is 126 g/mol. The van der Waals surface area contributed by atoms with E-state index in [4.69, 9.17) is 9.84 Å². The van der Waals surface area contributed by atoms with Crippen molar-refractivity contribution in [2.45, 2.75) is 12.5 Å². The highest BCUT2D eigenvalue weighted by molar-refractivity contribution is 5.15. The van der Waals surface area contributed by atoms with E-state index >= 15 is 0 Å². The molecule has 1 fully saturated rings. The van der Waals surface area contributed by atoms with Crippen molar-refractivity contribution in [2.75, 3.05) is 13.2 Å². The number of aliphatic hydroxyl groups excluding tert-OH is 1. The van der Waals surface area contributed by atoms with Crippen molar-refractivity contribution in [2.24, 2.45) is 5.41 Å². The number of rotatable bonds is 1. The first-order valence-electron chi connectivity index (χ1n) is 3.26. The van der Waals surface area contributed by atoms with E-state index in [0.717, 1.165) is 6.42 Å². The van der Waals surface area contributed by atoms with Gasteiger partial charge in [-0.3, -0.25) is 0 Å². The average Bonchev–Trinajstić information content (AvgIpc) is 2.46. The van der Waals surface area contributed by atoms with Crippen molar-refractivity contribution in [3.05, 3.63) is 12.2 Å². The third kappa shape index (κ3) is 0.635. The van der Waals surface area contributed by atoms with Gasteiger partial charge in [-0.25, -0.2) is 0 Å². The van der Waals surface area contributed by atoms with Gasteiger partial charge in [-0.05, 0) is 6.42 Å². The molecule has 0 radical (unpaired) electrons. The molecule has 0 aromatic rings. The summed E-state index contributed by atoms with van der Waals surface area (Å²) in [6.45, 7) is 0.949. The van der Waals surface area contributed by atoms with Gasteiger partial charge in [0.1, 0.15) is 0 Å². The molecule has 0 aromatic carbocycles. The van der Waals surface area contributed by atoms with Crippen LogP contribution in [0.5, 0.6) is 0 Å². The first kappa shape index (κ1) is 5.45. The largest absolute Gasteiger partial charge is 0.395 e. The van der Waals surface area contributed by atoms with E-state index in [-0.39, 0.29) is 12.0 Å². The van der Waals surface area contributed by atoms with Gasteiger partial charge in [0.05, 0.1) is 19.3 Å². The van der Waals surface area contributed by atoms with Crippen LogP contribution in [0.2, 0.25) is 0 Å². The summed E-state index contributed by atoms with van der Waals surface area (Å²) in [5, 5.41) is 8.91. The van der Waals surface area contributed by atoms with Crippen LogP contribution in [0.3, 0.4) is 0 Å². The van der Waals surface area contributed by atoms with E-state index in [1.807, 2.05) is 6.08 Å². The van der Waals surface area contributed by atoms with Crippen molar-refractivity contribution in [3.63, 3.8) is 0 Å². The summed E-state index contributed by atoms with van der Waals surface area (Å²) in [6, 6.07) is 0. The fraction of sp³-hybridized carbons (Fsp3) is 0.714. The summed E-state index contributed by atoms with van der Waals surface area (Å²) in [4.78, 5) is 0. The van der Waals surface area contributed by atoms with Crippen LogP contribution in [-0.4, -0.2) is 24.4 Å². The summed E-state index contributed by atoms with van der Waals surface area (Å²) in [5.74, 6) is 0. The zero-order valence-corrected chi connectivity index (χ0v) is 5.21. The Kier molecular flexibility index (Phi) is 0.957. The summed E-state index contributed by atoms with van der Waals surface area (Å²) < 4.78 is 5.30. The Bertz CT molecular complexity index is 153. The molecule has 0 saturated carbocycles. The van der Waals surface area contributed by atoms with Crippen LogP contribution in [0.1, 0.15) is 6.42 Å². The quantitative estimate of drug-likeness (QED) is 0.513. The van der Waals surface area contributed by atoms with Crippen LogP contribution < -0.4 is 0 Å². The standard InChI is InChI=1S/C7H10O2/c8-4-7-2-1-6(3-7)9-5-7/h1-2,6,8H,3-5H2. The Morgan fingerprint density at radius 2 is 2.67 bits per heavy atom. The van der Waals surface area contributed by atoms with Gasteiger partial charge in [0.15, 0.2) is 0 Å². The molecule has 2 bridgehead atoms. The molecule has 2 nitrogen and oxygen atoms in total. The van der Waals surface area contributed by atoms with E-state index in [9.17, 15) is 0 Å². The lowest BCUT2D eigenvalue weighted by Crippen LogP contribution is -2.21. The van der Waals surface area contributed by atoms with Crippen LogP contribution in [0.15, 0.2) is 12.2 Å². The highest BCUT2D eigenvalue weighted by Gasteiger charge is 2.41. The van der Waals surface area contributed by atoms with Gasteiger partial charge in [0.2, 0.25) is 0 Å². The highest BCUT2D eigenvalue weighted by atomic mass is 16.5. The van der Waals surface area contributed by atoms with E-state index in [1.54, 1.807) is 0 Å². The molecule has 1 aliphatic carbocycles. The van der Waals surface area contributed by atoms with E-state index in [0.29, 0.717) is 12.7 Å². The molecular weight excluding hydrogens is 116 g/mol. The van der Waals surface area contributed by atoms with E-state index in [2.05, 4.69) is 6.08 Å². The predicted octanol–water partition coefficient (Wildman–Crippen LogP) is 0.324. The zero-order valence-electron chi connectivity index (χ0n) is 5.21. The fourth-order valence-electron chi connectivity index (χ4n) is 1.51. The minimum atomic E-state index is 0.00463. The smallest absolute Gasteiger partial charge is 0.0766 e. The predicted molar refractivity (Wildman–Crippen MR) is 33.0 cm³/mol. The summed E-state index contributed by atoms with van der Waals surface area (Å²) in [5.41, 5.74) is 0.00463. The second-order valence-electron chi connectivity index (χ2n) is 2.93. The molecule has 50 valence electrons. The molecule has 2 atom stereocenters. The first-order valence-corrected chi connectivity index (χ1v) is 3.26. The first-order chi connectivity index (χ1) is 4.35. The topological polar surface area (TPSA) is 29.5 Å². The number of fused-ring (bicyclic) bond motifs is 2. The lowest BCUT2D eigenvalue weighted by Gasteiger charge is -2.17. The summed E-state index contributed by atoms with van der Waals surface area (Å²) >= 11 is 0. The Morgan fingerprint density at radius 1 is 1.78 bits per heavy atom. The minimum absolute atomic E-state index is 0.00463. The molecule has 2 aliphatic rings. The maximum absolute atomic E-state index is 8.91. The highest BCUT2D eigenvalue weighted by Crippen LogP contribution is 2.39. The van der Waals surface area contributed by atoms with Gasteiger partial charge >= 0.3 is 0 Å². The molecule has 2 unspecified atom stereocenters. The van der Waals surface area contributed by atoms with Crippen LogP contribution in [0.4, 0.5) is 0 Å². The SMILES string of the molecule is OCC12C=CC(C1)OC2. The molecule has 2 rings (SSSR count). The molecule has 9 heavy (non-hydrogen) atoms. The van der Waals surface area contributed by atoms with Crippen LogP contribution in [0, 0.1) is 5.41 Å². The van der Waals surface area contributed by atoms with Crippen molar-refractivity contribution >= 4 is 0 Å². The van der Waals surface area contributed by atoms with Gasteiger partial charge in [0.25, 0.3) is 0 Å². The Morgan fingerprint density at radius 3 is 2.89 bits per heavy atom. The third-order valence-corrected chi connectivity index (χ3v) is 2.17. The second kappa shape index (κ2) is 1.58. The van der Waals surface area contributed by atoms with Crippen LogP contribution >= 0.6 is 0 Å². The number of hydrogen-bond donors (Lipinski definition) is 1. The molecule has 1 aliphatic heterocycles. The number of aliphatic hydroxyl groups is 1. The molecule has 0 amide bonds. The van der Waals surface area contributed by atoms with Gasteiger partial charge in [0, 0.05) is 5.41 Å². The van der Waals surface area contributed by atoms with Gasteiger partial charge < -0.3 is 9.84 Å². The van der Waals surface area contributed by atoms with E-state index < -0.39 is 0 Å². The van der Waals surface area contributed by atoms with Gasteiger partial charge in [-0.2, -0.15) is 0 Å².